The first kappa shape index (κ1) is 21.3. The number of aliphatic hydroxyl groups is 2. The zero-order valence-corrected chi connectivity index (χ0v) is 16.7. The van der Waals surface area contributed by atoms with Crippen molar-refractivity contribution in [2.45, 2.75) is 50.0 Å². The van der Waals surface area contributed by atoms with E-state index >= 15 is 0 Å². The van der Waals surface area contributed by atoms with Gasteiger partial charge in [-0.25, -0.2) is 0 Å². The predicted octanol–water partition coefficient (Wildman–Crippen LogP) is -0.174. The minimum Gasteiger partial charge on any atom is -0.507 e. The molecule has 0 saturated carbocycles. The van der Waals surface area contributed by atoms with E-state index in [1.807, 2.05) is 0 Å². The lowest BCUT2D eigenvalue weighted by Gasteiger charge is -2.50. The summed E-state index contributed by atoms with van der Waals surface area (Å²) >= 11 is 0. The van der Waals surface area contributed by atoms with Crippen molar-refractivity contribution < 1.29 is 48.7 Å². The van der Waals surface area contributed by atoms with Gasteiger partial charge in [0.1, 0.15) is 18.0 Å². The molecule has 1 spiro atoms. The summed E-state index contributed by atoms with van der Waals surface area (Å²) in [5.74, 6) is -6.17. The van der Waals surface area contributed by atoms with Crippen LogP contribution in [0.2, 0.25) is 0 Å². The summed E-state index contributed by atoms with van der Waals surface area (Å²) in [7, 11) is 1.11. The van der Waals surface area contributed by atoms with E-state index in [1.165, 1.54) is 25.1 Å². The maximum atomic E-state index is 13.4. The van der Waals surface area contributed by atoms with E-state index < -0.39 is 76.8 Å². The molecule has 1 aliphatic carbocycles. The average molecular weight is 432 g/mol. The van der Waals surface area contributed by atoms with Gasteiger partial charge in [0.2, 0.25) is 5.79 Å². The molecule has 4 rings (SSSR count). The molecule has 0 unspecified atom stereocenters. The largest absolute Gasteiger partial charge is 0.507 e. The Morgan fingerprint density at radius 3 is 2.58 bits per heavy atom. The second-order valence-electron chi connectivity index (χ2n) is 7.70. The van der Waals surface area contributed by atoms with Crippen LogP contribution in [0.4, 0.5) is 0 Å². The Hall–Kier alpha value is -2.92. The van der Waals surface area contributed by atoms with E-state index in [0.717, 1.165) is 7.11 Å². The second kappa shape index (κ2) is 7.34. The SMILES string of the molecule is COC(=O)C[C@@H]1O[C@@]2(O[C@H](C)CC(=O)[C@H]2O)C2=C(C(=O)c3cccc(O)c3C2=O)[C@@H]1O. The fraction of sp³-hybridized carbons (Fsp3) is 0.429. The predicted molar refractivity (Wildman–Crippen MR) is 100 cm³/mol. The molecule has 3 aliphatic rings. The van der Waals surface area contributed by atoms with Crippen LogP contribution >= 0.6 is 0 Å². The summed E-state index contributed by atoms with van der Waals surface area (Å²) in [5.41, 5.74) is -1.53. The highest BCUT2D eigenvalue weighted by molar-refractivity contribution is 6.29. The minimum absolute atomic E-state index is 0.165. The monoisotopic (exact) mass is 432 g/mol. The number of carbonyl (C=O) groups excluding carboxylic acids is 4. The fourth-order valence-corrected chi connectivity index (χ4v) is 4.34. The van der Waals surface area contributed by atoms with Crippen molar-refractivity contribution in [3.63, 3.8) is 0 Å². The lowest BCUT2D eigenvalue weighted by Crippen LogP contribution is -2.65. The molecule has 1 saturated heterocycles. The number of hydrogen-bond acceptors (Lipinski definition) is 10. The molecule has 5 atom stereocenters. The van der Waals surface area contributed by atoms with Gasteiger partial charge in [0.25, 0.3) is 0 Å². The lowest BCUT2D eigenvalue weighted by atomic mass is 9.72. The molecule has 31 heavy (non-hydrogen) atoms. The molecular formula is C21H20O10. The molecule has 0 radical (unpaired) electrons. The quantitative estimate of drug-likeness (QED) is 0.536. The van der Waals surface area contributed by atoms with Crippen LogP contribution in [0.3, 0.4) is 0 Å². The number of aliphatic hydroxyl groups excluding tert-OH is 2. The molecule has 2 aliphatic heterocycles. The van der Waals surface area contributed by atoms with Crippen LogP contribution in [-0.4, -0.2) is 76.0 Å². The van der Waals surface area contributed by atoms with Gasteiger partial charge in [-0.1, -0.05) is 12.1 Å². The number of phenolic OH excluding ortho intramolecular Hbond substituents is 1. The standard InChI is InChI=1S/C21H20O10/c1-8-6-11(23)20(28)21(30-8)16-15(18(26)12(31-21)7-13(24)29-2)17(25)9-4-3-5-10(22)14(9)19(16)27/h3-5,8,12,18,20,22,26,28H,6-7H2,1-2H3/t8-,12+,18-,20-,21+/m1/s1. The van der Waals surface area contributed by atoms with Gasteiger partial charge in [-0.05, 0) is 13.0 Å². The van der Waals surface area contributed by atoms with Crippen molar-refractivity contribution in [1.29, 1.82) is 0 Å². The Bertz CT molecular complexity index is 1040. The van der Waals surface area contributed by atoms with Crippen molar-refractivity contribution in [2.75, 3.05) is 7.11 Å². The molecule has 10 heteroatoms. The number of phenols is 1. The summed E-state index contributed by atoms with van der Waals surface area (Å²) < 4.78 is 16.1. The van der Waals surface area contributed by atoms with Gasteiger partial charge >= 0.3 is 5.97 Å². The Kier molecular flexibility index (Phi) is 5.05. The molecule has 1 fully saturated rings. The van der Waals surface area contributed by atoms with E-state index in [2.05, 4.69) is 4.74 Å². The van der Waals surface area contributed by atoms with Crippen LogP contribution in [0, 0.1) is 0 Å². The average Bonchev–Trinajstić information content (AvgIpc) is 2.72. The van der Waals surface area contributed by atoms with Gasteiger partial charge in [-0.2, -0.15) is 0 Å². The molecule has 0 amide bonds. The van der Waals surface area contributed by atoms with Crippen LogP contribution in [-0.2, 0) is 23.8 Å². The highest BCUT2D eigenvalue weighted by Crippen LogP contribution is 2.48. The van der Waals surface area contributed by atoms with Gasteiger partial charge in [0, 0.05) is 17.6 Å². The summed E-state index contributed by atoms with van der Waals surface area (Å²) in [4.78, 5) is 51.1. The third kappa shape index (κ3) is 3.02. The van der Waals surface area contributed by atoms with Crippen molar-refractivity contribution in [2.24, 2.45) is 0 Å². The summed E-state index contributed by atoms with van der Waals surface area (Å²) in [6.45, 7) is 1.51. The van der Waals surface area contributed by atoms with E-state index in [0.29, 0.717) is 0 Å². The van der Waals surface area contributed by atoms with Crippen LogP contribution in [0.1, 0.15) is 40.5 Å². The summed E-state index contributed by atoms with van der Waals surface area (Å²) in [6, 6.07) is 3.86. The molecule has 1 aromatic carbocycles. The normalized spacial score (nSPS) is 32.7. The Labute approximate surface area is 176 Å². The molecule has 2 heterocycles. The molecule has 0 aromatic heterocycles. The molecule has 0 bridgehead atoms. The third-order valence-electron chi connectivity index (χ3n) is 5.70. The van der Waals surface area contributed by atoms with Crippen LogP contribution in [0.25, 0.3) is 0 Å². The van der Waals surface area contributed by atoms with Gasteiger partial charge in [0.05, 0.1) is 30.8 Å². The number of fused-ring (bicyclic) bond motifs is 2. The molecule has 1 aromatic rings. The minimum atomic E-state index is -2.44. The first-order valence-corrected chi connectivity index (χ1v) is 9.59. The number of methoxy groups -OCH3 is 1. The molecule has 10 nitrogen and oxygen atoms in total. The van der Waals surface area contributed by atoms with Crippen molar-refractivity contribution in [1.82, 2.24) is 0 Å². The van der Waals surface area contributed by atoms with E-state index in [9.17, 15) is 34.5 Å². The Morgan fingerprint density at radius 2 is 1.90 bits per heavy atom. The molecule has 164 valence electrons. The number of ether oxygens (including phenoxy) is 3. The molecule has 3 N–H and O–H groups in total. The maximum Gasteiger partial charge on any atom is 0.308 e. The summed E-state index contributed by atoms with van der Waals surface area (Å²) in [5, 5.41) is 31.9. The second-order valence-corrected chi connectivity index (χ2v) is 7.70. The van der Waals surface area contributed by atoms with Crippen LogP contribution in [0.15, 0.2) is 29.3 Å². The molecular weight excluding hydrogens is 412 g/mol. The number of rotatable bonds is 2. The summed E-state index contributed by atoms with van der Waals surface area (Å²) in [6.07, 6.45) is -6.74. The number of hydrogen-bond donors (Lipinski definition) is 3. The lowest BCUT2D eigenvalue weighted by molar-refractivity contribution is -0.310. The van der Waals surface area contributed by atoms with Crippen molar-refractivity contribution in [3.05, 3.63) is 40.5 Å². The van der Waals surface area contributed by atoms with Crippen molar-refractivity contribution >= 4 is 23.3 Å². The number of Topliss-reactive ketones (excluding diaryl/α,β-unsaturated/α-hetero) is 3. The van der Waals surface area contributed by atoms with Gasteiger partial charge in [-0.15, -0.1) is 0 Å². The highest BCUT2D eigenvalue weighted by atomic mass is 16.7. The number of benzene rings is 1. The number of carbonyl (C=O) groups is 4. The van der Waals surface area contributed by atoms with E-state index in [4.69, 9.17) is 9.47 Å². The van der Waals surface area contributed by atoms with Crippen LogP contribution < -0.4 is 0 Å². The first-order valence-electron chi connectivity index (χ1n) is 9.59. The van der Waals surface area contributed by atoms with Crippen molar-refractivity contribution in [3.8, 4) is 5.75 Å². The zero-order chi connectivity index (χ0) is 22.7. The van der Waals surface area contributed by atoms with Crippen LogP contribution in [0.5, 0.6) is 5.75 Å². The Balaban J connectivity index is 1.98. The maximum absolute atomic E-state index is 13.4. The van der Waals surface area contributed by atoms with Gasteiger partial charge < -0.3 is 29.5 Å². The smallest absolute Gasteiger partial charge is 0.308 e. The zero-order valence-electron chi connectivity index (χ0n) is 16.7. The topological polar surface area (TPSA) is 157 Å². The third-order valence-corrected chi connectivity index (χ3v) is 5.70. The number of esters is 1. The number of aromatic hydroxyl groups is 1. The van der Waals surface area contributed by atoms with Gasteiger partial charge in [-0.3, -0.25) is 19.2 Å². The van der Waals surface area contributed by atoms with E-state index in [1.54, 1.807) is 0 Å². The van der Waals surface area contributed by atoms with Gasteiger partial charge in [0.15, 0.2) is 23.5 Å². The first-order chi connectivity index (χ1) is 14.6. The number of ketones is 3. The fourth-order valence-electron chi connectivity index (χ4n) is 4.34. The highest BCUT2D eigenvalue weighted by Gasteiger charge is 2.62. The Morgan fingerprint density at radius 1 is 1.19 bits per heavy atom. The van der Waals surface area contributed by atoms with E-state index in [-0.39, 0.29) is 17.5 Å².